The first-order valence-electron chi connectivity index (χ1n) is 10.7. The van der Waals surface area contributed by atoms with Crippen LogP contribution in [-0.4, -0.2) is 47.0 Å². The van der Waals surface area contributed by atoms with Gasteiger partial charge in [-0.1, -0.05) is 29.5 Å². The Hall–Kier alpha value is -3.88. The van der Waals surface area contributed by atoms with Gasteiger partial charge < -0.3 is 15.5 Å². The maximum absolute atomic E-state index is 16.0. The molecule has 7 nitrogen and oxygen atoms in total. The number of carbonyl (C=O) groups is 1. The number of piperazine rings is 1. The van der Waals surface area contributed by atoms with Gasteiger partial charge in [-0.25, -0.2) is 18.2 Å². The number of rotatable bonds is 3. The van der Waals surface area contributed by atoms with Crippen LogP contribution in [0.25, 0.3) is 32.2 Å². The third-order valence-corrected chi connectivity index (χ3v) is 7.23. The highest BCUT2D eigenvalue weighted by Crippen LogP contribution is 2.43. The summed E-state index contributed by atoms with van der Waals surface area (Å²) in [5.41, 5.74) is 6.75. The van der Waals surface area contributed by atoms with Crippen LogP contribution in [0.15, 0.2) is 36.8 Å². The molecule has 1 fully saturated rings. The lowest BCUT2D eigenvalue weighted by Crippen LogP contribution is -2.49. The van der Waals surface area contributed by atoms with Crippen molar-refractivity contribution < 1.29 is 18.0 Å². The van der Waals surface area contributed by atoms with E-state index in [-0.39, 0.29) is 68.8 Å². The number of carbonyl (C=O) groups excluding carboxylic acids is 1. The fraction of sp³-hybridized carbons (Fsp3) is 0.167. The summed E-state index contributed by atoms with van der Waals surface area (Å²) < 4.78 is 43.7. The van der Waals surface area contributed by atoms with Crippen molar-refractivity contribution in [2.45, 2.75) is 0 Å². The van der Waals surface area contributed by atoms with Crippen LogP contribution in [0.3, 0.4) is 0 Å². The van der Waals surface area contributed by atoms with E-state index in [0.717, 1.165) is 11.3 Å². The monoisotopic (exact) mass is 528 g/mol. The van der Waals surface area contributed by atoms with Gasteiger partial charge in [-0.3, -0.25) is 9.78 Å². The highest BCUT2D eigenvalue weighted by Gasteiger charge is 2.28. The van der Waals surface area contributed by atoms with Crippen LogP contribution in [0.4, 0.5) is 24.0 Å². The number of fused-ring (bicyclic) bond motifs is 2. The molecule has 0 spiro atoms. The van der Waals surface area contributed by atoms with Crippen LogP contribution in [0.2, 0.25) is 5.02 Å². The van der Waals surface area contributed by atoms with Gasteiger partial charge in [0.1, 0.15) is 17.4 Å². The van der Waals surface area contributed by atoms with Crippen LogP contribution in [0, 0.1) is 23.0 Å². The zero-order valence-corrected chi connectivity index (χ0v) is 20.1. The predicted molar refractivity (Wildman–Crippen MR) is 133 cm³/mol. The van der Waals surface area contributed by atoms with Crippen LogP contribution in [0.1, 0.15) is 5.56 Å². The summed E-state index contributed by atoms with van der Waals surface area (Å²) in [5.74, 6) is -3.13. The average molecular weight is 529 g/mol. The van der Waals surface area contributed by atoms with Crippen molar-refractivity contribution in [2.24, 2.45) is 0 Å². The molecule has 0 radical (unpaired) electrons. The quantitative estimate of drug-likeness (QED) is 0.374. The molecule has 1 aliphatic heterocycles. The Morgan fingerprint density at radius 3 is 2.61 bits per heavy atom. The Morgan fingerprint density at radius 1 is 1.22 bits per heavy atom. The SMILES string of the molecule is C=C(F)C(=O)N1CCN(c2c(C#N)cnc3c(F)c(-c4ccc(F)c5sc(N)nc45)c(Cl)cc23)CC1. The van der Waals surface area contributed by atoms with Crippen LogP contribution in [-0.2, 0) is 4.79 Å². The van der Waals surface area contributed by atoms with E-state index in [1.165, 1.54) is 29.3 Å². The van der Waals surface area contributed by atoms with Crippen molar-refractivity contribution in [1.29, 1.82) is 5.26 Å². The number of nitrogens with zero attached hydrogens (tertiary/aromatic N) is 5. The number of aromatic nitrogens is 2. The van der Waals surface area contributed by atoms with E-state index < -0.39 is 23.4 Å². The predicted octanol–water partition coefficient (Wildman–Crippen LogP) is 5.03. The van der Waals surface area contributed by atoms with Crippen molar-refractivity contribution in [3.8, 4) is 17.2 Å². The molecule has 2 aromatic carbocycles. The van der Waals surface area contributed by atoms with Gasteiger partial charge in [0.2, 0.25) is 0 Å². The van der Waals surface area contributed by atoms with Crippen molar-refractivity contribution in [3.63, 3.8) is 0 Å². The number of pyridine rings is 1. The lowest BCUT2D eigenvalue weighted by Gasteiger charge is -2.36. The minimum absolute atomic E-state index is 0.0140. The summed E-state index contributed by atoms with van der Waals surface area (Å²) in [5, 5.41) is 10.2. The maximum Gasteiger partial charge on any atom is 0.282 e. The molecule has 12 heteroatoms. The van der Waals surface area contributed by atoms with E-state index in [1.54, 1.807) is 4.90 Å². The molecule has 0 unspecified atom stereocenters. The molecule has 36 heavy (non-hydrogen) atoms. The van der Waals surface area contributed by atoms with Gasteiger partial charge in [-0.2, -0.15) is 5.26 Å². The molecular weight excluding hydrogens is 513 g/mol. The Kier molecular flexibility index (Phi) is 5.94. The lowest BCUT2D eigenvalue weighted by atomic mass is 9.99. The van der Waals surface area contributed by atoms with Crippen LogP contribution >= 0.6 is 22.9 Å². The molecule has 1 amide bonds. The summed E-state index contributed by atoms with van der Waals surface area (Å²) in [6.45, 7) is 3.95. The smallest absolute Gasteiger partial charge is 0.282 e. The molecule has 1 saturated heterocycles. The number of nitrogen functional groups attached to an aromatic ring is 1. The Bertz CT molecular complexity index is 1620. The number of thiazole rings is 1. The molecule has 2 aromatic heterocycles. The number of nitrogens with two attached hydrogens (primary N) is 1. The largest absolute Gasteiger partial charge is 0.375 e. The first-order valence-corrected chi connectivity index (χ1v) is 11.8. The number of benzene rings is 2. The standard InChI is InChI=1S/C24H16ClF3N6OS/c1-11(26)23(35)34-6-4-33(5-7-34)21-12(9-29)10-31-19-14(21)8-15(25)17(18(19)28)13-2-3-16(27)22-20(13)32-24(30)36-22/h2-3,8,10H,1,4-7H2,(H2,30,32). The number of anilines is 2. The first kappa shape index (κ1) is 23.8. The van der Waals surface area contributed by atoms with Gasteiger partial charge >= 0.3 is 0 Å². The fourth-order valence-electron chi connectivity index (χ4n) is 4.42. The highest BCUT2D eigenvalue weighted by molar-refractivity contribution is 7.22. The molecule has 1 aliphatic rings. The zero-order chi connectivity index (χ0) is 25.7. The number of amides is 1. The second-order valence-electron chi connectivity index (χ2n) is 8.08. The molecule has 4 aromatic rings. The van der Waals surface area contributed by atoms with Gasteiger partial charge in [0.25, 0.3) is 5.91 Å². The fourth-order valence-corrected chi connectivity index (χ4v) is 5.48. The van der Waals surface area contributed by atoms with Crippen molar-refractivity contribution in [2.75, 3.05) is 36.8 Å². The zero-order valence-electron chi connectivity index (χ0n) is 18.5. The lowest BCUT2D eigenvalue weighted by molar-refractivity contribution is -0.128. The van der Waals surface area contributed by atoms with E-state index in [4.69, 9.17) is 17.3 Å². The van der Waals surface area contributed by atoms with Gasteiger partial charge in [0.15, 0.2) is 16.8 Å². The summed E-state index contributed by atoms with van der Waals surface area (Å²) >= 11 is 7.52. The molecule has 0 atom stereocenters. The van der Waals surface area contributed by atoms with Crippen molar-refractivity contribution in [1.82, 2.24) is 14.9 Å². The van der Waals surface area contributed by atoms with Gasteiger partial charge in [0.05, 0.1) is 26.5 Å². The minimum Gasteiger partial charge on any atom is -0.375 e. The number of halogens is 4. The summed E-state index contributed by atoms with van der Waals surface area (Å²) in [7, 11) is 0. The molecule has 0 aliphatic carbocycles. The minimum atomic E-state index is -1.05. The summed E-state index contributed by atoms with van der Waals surface area (Å²) in [4.78, 5) is 23.4. The first-order chi connectivity index (χ1) is 17.2. The van der Waals surface area contributed by atoms with E-state index in [9.17, 15) is 18.8 Å². The number of nitriles is 1. The van der Waals surface area contributed by atoms with Crippen LogP contribution < -0.4 is 10.6 Å². The van der Waals surface area contributed by atoms with Crippen LogP contribution in [0.5, 0.6) is 0 Å². The summed E-state index contributed by atoms with van der Waals surface area (Å²) in [6, 6.07) is 6.15. The van der Waals surface area contributed by atoms with Gasteiger partial charge in [-0.15, -0.1) is 0 Å². The number of hydrogen-bond donors (Lipinski definition) is 1. The van der Waals surface area contributed by atoms with E-state index in [1.807, 2.05) is 0 Å². The highest BCUT2D eigenvalue weighted by atomic mass is 35.5. The van der Waals surface area contributed by atoms with E-state index in [2.05, 4.69) is 22.6 Å². The molecule has 3 heterocycles. The van der Waals surface area contributed by atoms with E-state index >= 15 is 4.39 Å². The normalized spacial score (nSPS) is 13.9. The van der Waals surface area contributed by atoms with Crippen molar-refractivity contribution in [3.05, 3.63) is 59.0 Å². The molecule has 0 bridgehead atoms. The third kappa shape index (κ3) is 3.79. The average Bonchev–Trinajstić information content (AvgIpc) is 3.26. The second kappa shape index (κ2) is 8.96. The molecule has 5 rings (SSSR count). The van der Waals surface area contributed by atoms with Gasteiger partial charge in [-0.05, 0) is 18.2 Å². The topological polar surface area (TPSA) is 99.1 Å². The molecule has 182 valence electrons. The molecule has 0 saturated carbocycles. The van der Waals surface area contributed by atoms with Crippen molar-refractivity contribution >= 4 is 60.8 Å². The molecular formula is C24H16ClF3N6OS. The third-order valence-electron chi connectivity index (χ3n) is 6.04. The summed E-state index contributed by atoms with van der Waals surface area (Å²) in [6.07, 6.45) is 1.26. The Morgan fingerprint density at radius 2 is 1.94 bits per heavy atom. The second-order valence-corrected chi connectivity index (χ2v) is 9.52. The van der Waals surface area contributed by atoms with Gasteiger partial charge in [0, 0.05) is 48.9 Å². The number of hydrogen-bond acceptors (Lipinski definition) is 7. The Balaban J connectivity index is 1.65. The maximum atomic E-state index is 16.0. The van der Waals surface area contributed by atoms with E-state index in [0.29, 0.717) is 11.1 Å². The molecule has 2 N–H and O–H groups in total. The Labute approximate surface area is 211 Å².